The van der Waals surface area contributed by atoms with E-state index in [1.165, 1.54) is 12.0 Å². The number of hydrogen-bond acceptors (Lipinski definition) is 3. The maximum absolute atomic E-state index is 7.56. The van der Waals surface area contributed by atoms with Gasteiger partial charge in [0.1, 0.15) is 0 Å². The average Bonchev–Trinajstić information content (AvgIpc) is 2.68. The molecular formula is C10H26O6P2S3. The third-order valence-corrected chi connectivity index (χ3v) is 1.46. The highest BCUT2D eigenvalue weighted by Crippen LogP contribution is 2.26. The van der Waals surface area contributed by atoms with Crippen LogP contribution in [0.3, 0.4) is 0 Å². The molecule has 0 saturated heterocycles. The maximum Gasteiger partial charge on any atom is 0.319 e. The molecule has 0 spiro atoms. The topological polar surface area (TPSA) is 121 Å². The largest absolute Gasteiger partial charge is 0.325 e. The molecule has 0 unspecified atom stereocenters. The SMILES string of the molecule is CC.CCC.Cc1ccsc1.OP(O)(O)=S.OP(O)(O)=S. The van der Waals surface area contributed by atoms with Crippen molar-refractivity contribution in [3.8, 4) is 0 Å². The molecule has 11 heteroatoms. The average molecular weight is 400 g/mol. The number of thiophene rings is 1. The Bertz CT molecular complexity index is 338. The van der Waals surface area contributed by atoms with Gasteiger partial charge in [-0.3, -0.25) is 0 Å². The quantitative estimate of drug-likeness (QED) is 0.368. The van der Waals surface area contributed by atoms with Crippen LogP contribution in [0.1, 0.15) is 39.7 Å². The summed E-state index contributed by atoms with van der Waals surface area (Å²) in [5.41, 5.74) is 1.36. The molecule has 21 heavy (non-hydrogen) atoms. The van der Waals surface area contributed by atoms with Crippen molar-refractivity contribution in [2.75, 3.05) is 0 Å². The molecule has 1 aromatic heterocycles. The van der Waals surface area contributed by atoms with E-state index >= 15 is 0 Å². The summed E-state index contributed by atoms with van der Waals surface area (Å²) >= 11 is 8.95. The third-order valence-electron chi connectivity index (χ3n) is 0.663. The first-order chi connectivity index (χ1) is 9.31. The molecule has 0 fully saturated rings. The van der Waals surface area contributed by atoms with Crippen molar-refractivity contribution in [1.29, 1.82) is 0 Å². The van der Waals surface area contributed by atoms with Gasteiger partial charge in [0, 0.05) is 0 Å². The first kappa shape index (κ1) is 29.7. The lowest BCUT2D eigenvalue weighted by Gasteiger charge is -1.88. The monoisotopic (exact) mass is 400 g/mol. The van der Waals surface area contributed by atoms with Gasteiger partial charge in [0.15, 0.2) is 0 Å². The summed E-state index contributed by atoms with van der Waals surface area (Å²) in [7, 11) is 0. The minimum absolute atomic E-state index is 1.25. The standard InChI is InChI=1S/C5H6S.C3H8.C2H6.2H3O3PS/c1-5-2-3-6-4-5;1-3-2;1-2;2*1-4(2,3)5/h2-4H,1H3;3H2,1-2H3;1-2H3;2*(H3,1,2,3,5). The van der Waals surface area contributed by atoms with E-state index in [1.807, 2.05) is 13.8 Å². The van der Waals surface area contributed by atoms with Crippen molar-refractivity contribution in [3.05, 3.63) is 22.4 Å². The molecule has 0 aliphatic rings. The van der Waals surface area contributed by atoms with E-state index in [0.29, 0.717) is 0 Å². The van der Waals surface area contributed by atoms with Crippen LogP contribution in [0.25, 0.3) is 0 Å². The Balaban J connectivity index is -0.0000000904. The van der Waals surface area contributed by atoms with Crippen LogP contribution in [-0.4, -0.2) is 29.4 Å². The smallest absolute Gasteiger partial charge is 0.319 e. The van der Waals surface area contributed by atoms with Crippen molar-refractivity contribution >= 4 is 48.4 Å². The zero-order valence-electron chi connectivity index (χ0n) is 12.7. The number of hydrogen-bond donors (Lipinski definition) is 6. The molecule has 1 heterocycles. The second kappa shape index (κ2) is 18.8. The number of rotatable bonds is 0. The molecule has 6 N–H and O–H groups in total. The number of aryl methyl sites for hydroxylation is 1. The van der Waals surface area contributed by atoms with Crippen molar-refractivity contribution in [2.24, 2.45) is 0 Å². The molecular weight excluding hydrogens is 374 g/mol. The first-order valence-corrected chi connectivity index (χ1v) is 12.1. The fourth-order valence-electron chi connectivity index (χ4n) is 0.333. The highest BCUT2D eigenvalue weighted by Gasteiger charge is 1.92. The fourth-order valence-corrected chi connectivity index (χ4v) is 0.998. The summed E-state index contributed by atoms with van der Waals surface area (Å²) in [6, 6.07) is 2.10. The molecule has 0 saturated carbocycles. The van der Waals surface area contributed by atoms with E-state index in [0.717, 1.165) is 0 Å². The van der Waals surface area contributed by atoms with Gasteiger partial charge in [0.25, 0.3) is 0 Å². The molecule has 0 amide bonds. The van der Waals surface area contributed by atoms with E-state index in [4.69, 9.17) is 29.4 Å². The summed E-state index contributed by atoms with van der Waals surface area (Å²) in [5.74, 6) is 0. The molecule has 6 nitrogen and oxygen atoms in total. The second-order valence-corrected chi connectivity index (χ2v) is 8.81. The van der Waals surface area contributed by atoms with Crippen LogP contribution in [0.5, 0.6) is 0 Å². The minimum atomic E-state index is -3.81. The van der Waals surface area contributed by atoms with Crippen LogP contribution in [0.2, 0.25) is 0 Å². The van der Waals surface area contributed by atoms with Gasteiger partial charge in [-0.05, 0) is 52.9 Å². The Morgan fingerprint density at radius 1 is 0.952 bits per heavy atom. The highest BCUT2D eigenvalue weighted by atomic mass is 32.5. The molecule has 1 rings (SSSR count). The Hall–Kier alpha value is 0.760. The van der Waals surface area contributed by atoms with E-state index in [9.17, 15) is 0 Å². The van der Waals surface area contributed by atoms with E-state index < -0.39 is 13.4 Å². The summed E-state index contributed by atoms with van der Waals surface area (Å²) in [6.07, 6.45) is 1.25. The summed E-state index contributed by atoms with van der Waals surface area (Å²) in [5, 5.41) is 4.20. The first-order valence-electron chi connectivity index (χ1n) is 5.86. The van der Waals surface area contributed by atoms with Crippen molar-refractivity contribution < 1.29 is 29.4 Å². The third kappa shape index (κ3) is 121. The van der Waals surface area contributed by atoms with Gasteiger partial charge in [-0.25, -0.2) is 0 Å². The lowest BCUT2D eigenvalue weighted by atomic mass is 10.4. The van der Waals surface area contributed by atoms with Gasteiger partial charge in [-0.15, -0.1) is 0 Å². The molecule has 0 aliphatic carbocycles. The van der Waals surface area contributed by atoms with E-state index in [1.54, 1.807) is 11.3 Å². The highest BCUT2D eigenvalue weighted by molar-refractivity contribution is 8.06. The van der Waals surface area contributed by atoms with Crippen LogP contribution in [0.15, 0.2) is 16.8 Å². The normalized spacial score (nSPS) is 9.29. The molecule has 0 aromatic carbocycles. The van der Waals surface area contributed by atoms with Crippen molar-refractivity contribution in [3.63, 3.8) is 0 Å². The summed E-state index contributed by atoms with van der Waals surface area (Å²) < 4.78 is 0. The lowest BCUT2D eigenvalue weighted by molar-refractivity contribution is 0.361. The van der Waals surface area contributed by atoms with Crippen LogP contribution < -0.4 is 0 Å². The summed E-state index contributed by atoms with van der Waals surface area (Å²) in [4.78, 5) is 45.3. The molecule has 0 bridgehead atoms. The van der Waals surface area contributed by atoms with Crippen LogP contribution >= 0.6 is 24.8 Å². The predicted molar refractivity (Wildman–Crippen MR) is 98.3 cm³/mol. The van der Waals surface area contributed by atoms with Gasteiger partial charge in [0.05, 0.1) is 0 Å². The molecule has 1 aromatic rings. The van der Waals surface area contributed by atoms with Gasteiger partial charge in [-0.1, -0.05) is 34.1 Å². The zero-order valence-corrected chi connectivity index (χ0v) is 17.0. The van der Waals surface area contributed by atoms with Crippen molar-refractivity contribution in [1.82, 2.24) is 0 Å². The second-order valence-electron chi connectivity index (χ2n) is 3.03. The van der Waals surface area contributed by atoms with Gasteiger partial charge in [0.2, 0.25) is 0 Å². The van der Waals surface area contributed by atoms with Crippen LogP contribution in [0.4, 0.5) is 0 Å². The molecule has 0 radical (unpaired) electrons. The lowest BCUT2D eigenvalue weighted by Crippen LogP contribution is -1.65. The predicted octanol–water partition coefficient (Wildman–Crippen LogP) is 2.87. The van der Waals surface area contributed by atoms with E-state index in [-0.39, 0.29) is 0 Å². The molecule has 0 atom stereocenters. The minimum Gasteiger partial charge on any atom is -0.325 e. The van der Waals surface area contributed by atoms with Gasteiger partial charge >= 0.3 is 13.4 Å². The van der Waals surface area contributed by atoms with E-state index in [2.05, 4.69) is 61.2 Å². The Labute approximate surface area is 141 Å². The molecule has 0 aliphatic heterocycles. The van der Waals surface area contributed by atoms with Gasteiger partial charge < -0.3 is 29.4 Å². The van der Waals surface area contributed by atoms with Crippen molar-refractivity contribution in [2.45, 2.75) is 41.0 Å². The Morgan fingerprint density at radius 3 is 1.24 bits per heavy atom. The fraction of sp³-hybridized carbons (Fsp3) is 0.600. The Morgan fingerprint density at radius 2 is 1.19 bits per heavy atom. The maximum atomic E-state index is 7.56. The zero-order chi connectivity index (χ0) is 18.1. The Kier molecular flexibility index (Phi) is 26.6. The summed E-state index contributed by atoms with van der Waals surface area (Å²) in [6.45, 7) is 2.73. The van der Waals surface area contributed by atoms with Gasteiger partial charge in [-0.2, -0.15) is 11.3 Å². The van der Waals surface area contributed by atoms with Crippen LogP contribution in [-0.2, 0) is 23.6 Å². The molecule has 130 valence electrons. The van der Waals surface area contributed by atoms with Crippen LogP contribution in [0, 0.1) is 6.92 Å².